The summed E-state index contributed by atoms with van der Waals surface area (Å²) in [5.41, 5.74) is 1.65. The fraction of sp³-hybridized carbons (Fsp3) is 0.0667. The number of amides is 1. The van der Waals surface area contributed by atoms with Gasteiger partial charge in [0.15, 0.2) is 0 Å². The zero-order valence-electron chi connectivity index (χ0n) is 11.4. The van der Waals surface area contributed by atoms with E-state index in [0.29, 0.717) is 6.54 Å². The Labute approximate surface area is 129 Å². The Morgan fingerprint density at radius 3 is 2.73 bits per heavy atom. The van der Waals surface area contributed by atoms with Crippen LogP contribution < -0.4 is 10.9 Å². The molecule has 0 atom stereocenters. The Bertz CT molecular complexity index is 822. The van der Waals surface area contributed by atoms with E-state index in [-0.39, 0.29) is 17.2 Å². The zero-order valence-corrected chi connectivity index (χ0v) is 12.3. The molecule has 0 aliphatic rings. The lowest BCUT2D eigenvalue weighted by atomic mass is 10.2. The predicted octanol–water partition coefficient (Wildman–Crippen LogP) is 1.82. The number of hydrogen-bond donors (Lipinski definition) is 2. The van der Waals surface area contributed by atoms with Crippen LogP contribution in [0, 0.1) is 0 Å². The molecule has 1 amide bonds. The van der Waals surface area contributed by atoms with Crippen LogP contribution in [-0.4, -0.2) is 21.1 Å². The molecule has 110 valence electrons. The number of nitrogens with one attached hydrogen (secondary N) is 2. The smallest absolute Gasteiger partial charge is 0.272 e. The molecule has 3 aromatic rings. The van der Waals surface area contributed by atoms with Gasteiger partial charge >= 0.3 is 0 Å². The minimum Gasteiger partial charge on any atom is -0.345 e. The van der Waals surface area contributed by atoms with E-state index in [9.17, 15) is 9.59 Å². The molecule has 0 aliphatic heterocycles. The highest BCUT2D eigenvalue weighted by molar-refractivity contribution is 7.13. The molecule has 0 radical (unpaired) electrons. The van der Waals surface area contributed by atoms with E-state index < -0.39 is 0 Å². The van der Waals surface area contributed by atoms with Crippen molar-refractivity contribution in [1.29, 1.82) is 0 Å². The van der Waals surface area contributed by atoms with E-state index >= 15 is 0 Å². The predicted molar refractivity (Wildman–Crippen MR) is 83.6 cm³/mol. The molecule has 0 spiro atoms. The van der Waals surface area contributed by atoms with Crippen LogP contribution in [-0.2, 0) is 6.54 Å². The molecule has 1 aromatic carbocycles. The fourth-order valence-electron chi connectivity index (χ4n) is 1.83. The summed E-state index contributed by atoms with van der Waals surface area (Å²) in [7, 11) is 0. The molecule has 0 bridgehead atoms. The van der Waals surface area contributed by atoms with Crippen LogP contribution in [0.1, 0.15) is 16.2 Å². The van der Waals surface area contributed by atoms with Crippen molar-refractivity contribution in [2.75, 3.05) is 0 Å². The minimum absolute atomic E-state index is 0.165. The monoisotopic (exact) mass is 312 g/mol. The third kappa shape index (κ3) is 3.26. The van der Waals surface area contributed by atoms with Crippen molar-refractivity contribution in [2.45, 2.75) is 6.54 Å². The second-order valence-electron chi connectivity index (χ2n) is 4.50. The zero-order chi connectivity index (χ0) is 15.4. The van der Waals surface area contributed by atoms with Gasteiger partial charge in [-0.25, -0.2) is 10.1 Å². The van der Waals surface area contributed by atoms with Crippen LogP contribution in [0.15, 0.2) is 52.6 Å². The quantitative estimate of drug-likeness (QED) is 0.769. The number of H-pyrrole nitrogens is 1. The first-order valence-corrected chi connectivity index (χ1v) is 7.44. The van der Waals surface area contributed by atoms with Crippen molar-refractivity contribution in [1.82, 2.24) is 20.5 Å². The molecule has 22 heavy (non-hydrogen) atoms. The maximum Gasteiger partial charge on any atom is 0.272 e. The second-order valence-corrected chi connectivity index (χ2v) is 5.36. The minimum atomic E-state index is -0.356. The van der Waals surface area contributed by atoms with Crippen LogP contribution in [0.2, 0.25) is 0 Å². The Kier molecular flexibility index (Phi) is 4.06. The van der Waals surface area contributed by atoms with Crippen LogP contribution in [0.4, 0.5) is 0 Å². The summed E-state index contributed by atoms with van der Waals surface area (Å²) in [6, 6.07) is 12.5. The molecule has 0 saturated heterocycles. The number of rotatable bonds is 4. The van der Waals surface area contributed by atoms with Crippen LogP contribution in [0.3, 0.4) is 0 Å². The van der Waals surface area contributed by atoms with E-state index in [1.165, 1.54) is 23.5 Å². The van der Waals surface area contributed by atoms with Crippen molar-refractivity contribution in [3.05, 3.63) is 69.6 Å². The number of benzene rings is 1. The molecule has 0 saturated carbocycles. The van der Waals surface area contributed by atoms with Gasteiger partial charge in [-0.3, -0.25) is 9.59 Å². The van der Waals surface area contributed by atoms with Gasteiger partial charge in [0, 0.05) is 17.0 Å². The third-order valence-electron chi connectivity index (χ3n) is 2.91. The third-order valence-corrected chi connectivity index (χ3v) is 3.85. The first-order valence-electron chi connectivity index (χ1n) is 6.56. The van der Waals surface area contributed by atoms with Gasteiger partial charge in [-0.05, 0) is 6.07 Å². The van der Waals surface area contributed by atoms with Crippen LogP contribution in [0.5, 0.6) is 0 Å². The van der Waals surface area contributed by atoms with Gasteiger partial charge in [0.2, 0.25) is 0 Å². The van der Waals surface area contributed by atoms with Crippen LogP contribution in [0.25, 0.3) is 10.6 Å². The van der Waals surface area contributed by atoms with E-state index in [1.807, 2.05) is 35.7 Å². The molecule has 2 aromatic heterocycles. The first-order chi connectivity index (χ1) is 10.7. The number of thiazole rings is 1. The number of aromatic amines is 1. The molecular formula is C15H12N4O2S. The lowest BCUT2D eigenvalue weighted by Gasteiger charge is -2.01. The summed E-state index contributed by atoms with van der Waals surface area (Å²) in [4.78, 5) is 27.3. The maximum absolute atomic E-state index is 11.9. The number of carbonyl (C=O) groups excluding carboxylic acids is 1. The molecule has 7 heteroatoms. The average Bonchev–Trinajstić information content (AvgIpc) is 3.03. The molecule has 0 unspecified atom stereocenters. The van der Waals surface area contributed by atoms with E-state index in [2.05, 4.69) is 20.5 Å². The Balaban J connectivity index is 1.65. The van der Waals surface area contributed by atoms with Crippen molar-refractivity contribution in [3.63, 3.8) is 0 Å². The van der Waals surface area contributed by atoms with Gasteiger partial charge in [-0.15, -0.1) is 11.3 Å². The summed E-state index contributed by atoms with van der Waals surface area (Å²) < 4.78 is 0. The Morgan fingerprint density at radius 1 is 1.18 bits per heavy atom. The van der Waals surface area contributed by atoms with E-state index in [1.54, 1.807) is 0 Å². The Hall–Kier alpha value is -2.80. The van der Waals surface area contributed by atoms with Crippen molar-refractivity contribution in [2.24, 2.45) is 0 Å². The number of carbonyl (C=O) groups is 1. The summed E-state index contributed by atoms with van der Waals surface area (Å²) in [5, 5.41) is 11.4. The topological polar surface area (TPSA) is 87.7 Å². The van der Waals surface area contributed by atoms with Gasteiger partial charge < -0.3 is 5.32 Å². The van der Waals surface area contributed by atoms with Gasteiger partial charge in [0.25, 0.3) is 11.5 Å². The number of hydrogen-bond acceptors (Lipinski definition) is 5. The lowest BCUT2D eigenvalue weighted by Crippen LogP contribution is -2.25. The fourth-order valence-corrected chi connectivity index (χ4v) is 2.66. The molecule has 6 nitrogen and oxygen atoms in total. The van der Waals surface area contributed by atoms with Crippen molar-refractivity contribution < 1.29 is 4.79 Å². The Morgan fingerprint density at radius 2 is 2.00 bits per heavy atom. The highest BCUT2D eigenvalue weighted by atomic mass is 32.1. The average molecular weight is 312 g/mol. The molecule has 0 aliphatic carbocycles. The molecular weight excluding hydrogens is 300 g/mol. The maximum atomic E-state index is 11.9. The van der Waals surface area contributed by atoms with E-state index in [4.69, 9.17) is 0 Å². The van der Waals surface area contributed by atoms with Gasteiger partial charge in [0.05, 0.1) is 12.2 Å². The van der Waals surface area contributed by atoms with Crippen molar-refractivity contribution in [3.8, 4) is 10.6 Å². The summed E-state index contributed by atoms with van der Waals surface area (Å²) in [6.45, 7) is 0.309. The van der Waals surface area contributed by atoms with Crippen LogP contribution >= 0.6 is 11.3 Å². The molecule has 2 heterocycles. The summed E-state index contributed by atoms with van der Waals surface area (Å²) in [5.74, 6) is -0.356. The van der Waals surface area contributed by atoms with E-state index in [0.717, 1.165) is 16.3 Å². The molecule has 3 rings (SSSR count). The highest BCUT2D eigenvalue weighted by Crippen LogP contribution is 2.23. The highest BCUT2D eigenvalue weighted by Gasteiger charge is 2.09. The summed E-state index contributed by atoms with van der Waals surface area (Å²) >= 11 is 1.53. The molecule has 2 N–H and O–H groups in total. The van der Waals surface area contributed by atoms with Gasteiger partial charge in [-0.1, -0.05) is 30.3 Å². The first kappa shape index (κ1) is 14.2. The second kappa shape index (κ2) is 6.31. The largest absolute Gasteiger partial charge is 0.345 e. The standard InChI is InChI=1S/C15H12N4O2S/c20-13-7-6-12(18-19-13)14(21)16-8-11-9-22-15(17-11)10-4-2-1-3-5-10/h1-7,9H,8H2,(H,16,21)(H,19,20). The van der Waals surface area contributed by atoms with Crippen molar-refractivity contribution >= 4 is 17.2 Å². The number of aromatic nitrogens is 3. The summed E-state index contributed by atoms with van der Waals surface area (Å²) in [6.07, 6.45) is 0. The normalized spacial score (nSPS) is 10.4. The van der Waals surface area contributed by atoms with Gasteiger partial charge in [-0.2, -0.15) is 5.10 Å². The van der Waals surface area contributed by atoms with Gasteiger partial charge in [0.1, 0.15) is 10.7 Å². The number of nitrogens with zero attached hydrogens (tertiary/aromatic N) is 2. The molecule has 0 fully saturated rings. The lowest BCUT2D eigenvalue weighted by molar-refractivity contribution is 0.0944. The SMILES string of the molecule is O=C(NCc1csc(-c2ccccc2)n1)c1ccc(=O)[nH]n1.